The van der Waals surface area contributed by atoms with Gasteiger partial charge in [0.15, 0.2) is 0 Å². The standard InChI is InChI=1S/C14H22N4O2/c1-10-8-13(20-16-10)14(19)18-7-4-12(9-18)17-5-2-11(15)3-6-17/h8,11-12H,2-7,9,15H2,1H3. The molecule has 2 saturated heterocycles. The number of aromatic nitrogens is 1. The normalized spacial score (nSPS) is 25.3. The van der Waals surface area contributed by atoms with E-state index in [1.54, 1.807) is 6.07 Å². The Kier molecular flexibility index (Phi) is 3.76. The summed E-state index contributed by atoms with van der Waals surface area (Å²) in [4.78, 5) is 16.6. The SMILES string of the molecule is Cc1cc(C(=O)N2CCC(N3CCC(N)CC3)C2)on1. The molecule has 0 saturated carbocycles. The van der Waals surface area contributed by atoms with Crippen molar-refractivity contribution < 1.29 is 9.32 Å². The molecule has 0 radical (unpaired) electrons. The maximum atomic E-state index is 12.3. The number of nitrogens with two attached hydrogens (primary N) is 1. The van der Waals surface area contributed by atoms with Crippen molar-refractivity contribution in [3.63, 3.8) is 0 Å². The summed E-state index contributed by atoms with van der Waals surface area (Å²) in [7, 11) is 0. The smallest absolute Gasteiger partial charge is 0.292 e. The zero-order chi connectivity index (χ0) is 14.1. The quantitative estimate of drug-likeness (QED) is 0.858. The van der Waals surface area contributed by atoms with Crippen molar-refractivity contribution in [2.24, 2.45) is 5.73 Å². The summed E-state index contributed by atoms with van der Waals surface area (Å²) in [5.41, 5.74) is 6.68. The second-order valence-electron chi connectivity index (χ2n) is 5.90. The first-order valence-electron chi connectivity index (χ1n) is 7.35. The number of nitrogens with zero attached hydrogens (tertiary/aromatic N) is 3. The zero-order valence-corrected chi connectivity index (χ0v) is 11.9. The van der Waals surface area contributed by atoms with Gasteiger partial charge in [-0.15, -0.1) is 0 Å². The van der Waals surface area contributed by atoms with Crippen molar-refractivity contribution in [2.75, 3.05) is 26.2 Å². The van der Waals surface area contributed by atoms with Gasteiger partial charge in [0, 0.05) is 31.2 Å². The molecule has 6 heteroatoms. The molecule has 2 aliphatic rings. The molecular formula is C14H22N4O2. The van der Waals surface area contributed by atoms with Crippen LogP contribution in [-0.2, 0) is 0 Å². The Morgan fingerprint density at radius 1 is 1.35 bits per heavy atom. The topological polar surface area (TPSA) is 75.6 Å². The number of carbonyl (C=O) groups is 1. The van der Waals surface area contributed by atoms with Gasteiger partial charge in [-0.2, -0.15) is 0 Å². The number of rotatable bonds is 2. The van der Waals surface area contributed by atoms with Crippen LogP contribution in [0.5, 0.6) is 0 Å². The Hall–Kier alpha value is -1.40. The van der Waals surface area contributed by atoms with Crippen molar-refractivity contribution in [2.45, 2.75) is 38.3 Å². The molecular weight excluding hydrogens is 256 g/mol. The Balaban J connectivity index is 1.58. The third-order valence-electron chi connectivity index (χ3n) is 4.38. The van der Waals surface area contributed by atoms with Gasteiger partial charge in [0.2, 0.25) is 5.76 Å². The minimum atomic E-state index is -0.0400. The van der Waals surface area contributed by atoms with Gasteiger partial charge in [-0.25, -0.2) is 0 Å². The third-order valence-corrected chi connectivity index (χ3v) is 4.38. The molecule has 3 rings (SSSR count). The molecule has 2 aliphatic heterocycles. The lowest BCUT2D eigenvalue weighted by Crippen LogP contribution is -2.46. The van der Waals surface area contributed by atoms with E-state index in [1.165, 1.54) is 0 Å². The van der Waals surface area contributed by atoms with E-state index in [2.05, 4.69) is 10.1 Å². The number of carbonyl (C=O) groups excluding carboxylic acids is 1. The highest BCUT2D eigenvalue weighted by Gasteiger charge is 2.33. The van der Waals surface area contributed by atoms with Crippen LogP contribution in [0.25, 0.3) is 0 Å². The average molecular weight is 278 g/mol. The molecule has 0 spiro atoms. The largest absolute Gasteiger partial charge is 0.351 e. The fourth-order valence-electron chi connectivity index (χ4n) is 3.13. The van der Waals surface area contributed by atoms with Crippen molar-refractivity contribution in [3.05, 3.63) is 17.5 Å². The molecule has 1 atom stereocenters. The first kappa shape index (κ1) is 13.6. The van der Waals surface area contributed by atoms with Crippen LogP contribution in [0.3, 0.4) is 0 Å². The van der Waals surface area contributed by atoms with Gasteiger partial charge < -0.3 is 15.2 Å². The van der Waals surface area contributed by atoms with E-state index in [0.29, 0.717) is 17.8 Å². The zero-order valence-electron chi connectivity index (χ0n) is 11.9. The lowest BCUT2D eigenvalue weighted by Gasteiger charge is -2.34. The molecule has 110 valence electrons. The van der Waals surface area contributed by atoms with Crippen molar-refractivity contribution >= 4 is 5.91 Å². The number of amides is 1. The molecule has 1 aromatic heterocycles. The van der Waals surface area contributed by atoms with E-state index in [1.807, 2.05) is 11.8 Å². The van der Waals surface area contributed by atoms with Gasteiger partial charge in [-0.05, 0) is 39.3 Å². The van der Waals surface area contributed by atoms with Gasteiger partial charge in [0.25, 0.3) is 5.91 Å². The van der Waals surface area contributed by atoms with Crippen LogP contribution in [-0.4, -0.2) is 59.1 Å². The number of piperidine rings is 1. The summed E-state index contributed by atoms with van der Waals surface area (Å²) >= 11 is 0. The van der Waals surface area contributed by atoms with Gasteiger partial charge in [0.1, 0.15) is 0 Å². The van der Waals surface area contributed by atoms with Crippen LogP contribution >= 0.6 is 0 Å². The minimum Gasteiger partial charge on any atom is -0.351 e. The molecule has 0 aromatic carbocycles. The van der Waals surface area contributed by atoms with Crippen LogP contribution in [0.4, 0.5) is 0 Å². The molecule has 1 unspecified atom stereocenters. The second-order valence-corrected chi connectivity index (χ2v) is 5.90. The lowest BCUT2D eigenvalue weighted by molar-refractivity contribution is 0.0728. The highest BCUT2D eigenvalue weighted by molar-refractivity contribution is 5.91. The third kappa shape index (κ3) is 2.71. The molecule has 20 heavy (non-hydrogen) atoms. The highest BCUT2D eigenvalue weighted by Crippen LogP contribution is 2.21. The summed E-state index contributed by atoms with van der Waals surface area (Å²) in [6, 6.07) is 2.52. The molecule has 6 nitrogen and oxygen atoms in total. The van der Waals surface area contributed by atoms with Crippen LogP contribution in [0.1, 0.15) is 35.5 Å². The number of likely N-dealkylation sites (tertiary alicyclic amines) is 2. The Morgan fingerprint density at radius 2 is 2.10 bits per heavy atom. The highest BCUT2D eigenvalue weighted by atomic mass is 16.5. The first-order valence-corrected chi connectivity index (χ1v) is 7.35. The van der Waals surface area contributed by atoms with E-state index < -0.39 is 0 Å². The maximum Gasteiger partial charge on any atom is 0.292 e. The number of hydrogen-bond acceptors (Lipinski definition) is 5. The number of hydrogen-bond donors (Lipinski definition) is 1. The maximum absolute atomic E-state index is 12.3. The van der Waals surface area contributed by atoms with Crippen LogP contribution in [0.2, 0.25) is 0 Å². The predicted octanol–water partition coefficient (Wildman–Crippen LogP) is 0.621. The summed E-state index contributed by atoms with van der Waals surface area (Å²) in [5.74, 6) is 0.311. The lowest BCUT2D eigenvalue weighted by atomic mass is 10.0. The van der Waals surface area contributed by atoms with Crippen LogP contribution in [0, 0.1) is 6.92 Å². The molecule has 2 N–H and O–H groups in total. The molecule has 1 amide bonds. The van der Waals surface area contributed by atoms with Gasteiger partial charge >= 0.3 is 0 Å². The van der Waals surface area contributed by atoms with Crippen LogP contribution < -0.4 is 5.73 Å². The summed E-state index contributed by atoms with van der Waals surface area (Å²) in [6.07, 6.45) is 3.16. The van der Waals surface area contributed by atoms with Crippen LogP contribution in [0.15, 0.2) is 10.6 Å². The van der Waals surface area contributed by atoms with Gasteiger partial charge in [-0.1, -0.05) is 5.16 Å². The summed E-state index contributed by atoms with van der Waals surface area (Å²) in [5, 5.41) is 3.78. The minimum absolute atomic E-state index is 0.0400. The average Bonchev–Trinajstić information content (AvgIpc) is 3.08. The van der Waals surface area contributed by atoms with E-state index in [9.17, 15) is 4.79 Å². The van der Waals surface area contributed by atoms with Crippen molar-refractivity contribution in [3.8, 4) is 0 Å². The second kappa shape index (κ2) is 5.54. The molecule has 1 aromatic rings. The summed E-state index contributed by atoms with van der Waals surface area (Å²) in [6.45, 7) is 5.51. The van der Waals surface area contributed by atoms with Crippen molar-refractivity contribution in [1.82, 2.24) is 15.0 Å². The molecule has 0 aliphatic carbocycles. The van der Waals surface area contributed by atoms with E-state index in [4.69, 9.17) is 10.3 Å². The molecule has 3 heterocycles. The monoisotopic (exact) mass is 278 g/mol. The Morgan fingerprint density at radius 3 is 2.75 bits per heavy atom. The Bertz CT molecular complexity index is 479. The van der Waals surface area contributed by atoms with Crippen molar-refractivity contribution in [1.29, 1.82) is 0 Å². The fourth-order valence-corrected chi connectivity index (χ4v) is 3.13. The Labute approximate surface area is 118 Å². The molecule has 2 fully saturated rings. The molecule has 0 bridgehead atoms. The predicted molar refractivity (Wildman–Crippen MR) is 74.3 cm³/mol. The van der Waals surface area contributed by atoms with Gasteiger partial charge in [0.05, 0.1) is 5.69 Å². The first-order chi connectivity index (χ1) is 9.63. The summed E-state index contributed by atoms with van der Waals surface area (Å²) < 4.78 is 5.06. The van der Waals surface area contributed by atoms with Gasteiger partial charge in [-0.3, -0.25) is 9.69 Å². The van der Waals surface area contributed by atoms with E-state index in [-0.39, 0.29) is 5.91 Å². The van der Waals surface area contributed by atoms with E-state index in [0.717, 1.165) is 51.1 Å². The van der Waals surface area contributed by atoms with E-state index >= 15 is 0 Å². The fraction of sp³-hybridized carbons (Fsp3) is 0.714. The number of aryl methyl sites for hydroxylation is 1.